The molecule has 0 saturated heterocycles. The zero-order chi connectivity index (χ0) is 33.7. The Morgan fingerprint density at radius 3 is 2.53 bits per heavy atom. The first-order valence-electron chi connectivity index (χ1n) is 14.9. The van der Waals surface area contributed by atoms with E-state index < -0.39 is 28.8 Å². The second-order valence-electron chi connectivity index (χ2n) is 10.9. The number of aryl methyl sites for hydroxylation is 1. The van der Waals surface area contributed by atoms with E-state index in [1.807, 2.05) is 39.8 Å². The SMILES string of the molecule is CCOc1cc(C)c(-c2nc3ccccc3c(=O)n2N=Cc2cc([N+](=O)[O-])ccc2OCC(=O)Nc2ccccc2F)cc1C(C)C. The van der Waals surface area contributed by atoms with E-state index in [1.54, 1.807) is 30.3 Å². The van der Waals surface area contributed by atoms with E-state index in [2.05, 4.69) is 10.4 Å². The van der Waals surface area contributed by atoms with Crippen LogP contribution in [0.15, 0.2) is 88.8 Å². The lowest BCUT2D eigenvalue weighted by Gasteiger charge is -2.18. The fourth-order valence-corrected chi connectivity index (χ4v) is 4.97. The van der Waals surface area contributed by atoms with Crippen molar-refractivity contribution < 1.29 is 23.6 Å². The van der Waals surface area contributed by atoms with Crippen LogP contribution in [0.4, 0.5) is 15.8 Å². The van der Waals surface area contributed by atoms with Gasteiger partial charge in [-0.05, 0) is 73.4 Å². The number of ether oxygens (including phenoxy) is 2. The Balaban J connectivity index is 1.59. The van der Waals surface area contributed by atoms with Gasteiger partial charge in [0.05, 0.1) is 34.3 Å². The van der Waals surface area contributed by atoms with Crippen molar-refractivity contribution in [1.29, 1.82) is 0 Å². The highest BCUT2D eigenvalue weighted by atomic mass is 19.1. The van der Waals surface area contributed by atoms with Crippen molar-refractivity contribution in [3.05, 3.63) is 122 Å². The number of nitro benzene ring substituents is 1. The van der Waals surface area contributed by atoms with Crippen molar-refractivity contribution >= 4 is 34.4 Å². The lowest BCUT2D eigenvalue weighted by Crippen LogP contribution is -2.22. The van der Waals surface area contributed by atoms with E-state index in [9.17, 15) is 24.1 Å². The van der Waals surface area contributed by atoms with Gasteiger partial charge >= 0.3 is 0 Å². The molecular weight excluding hydrogens is 605 g/mol. The highest BCUT2D eigenvalue weighted by Crippen LogP contribution is 2.34. The van der Waals surface area contributed by atoms with Gasteiger partial charge in [0, 0.05) is 23.3 Å². The highest BCUT2D eigenvalue weighted by Gasteiger charge is 2.19. The predicted molar refractivity (Wildman–Crippen MR) is 178 cm³/mol. The van der Waals surface area contributed by atoms with Crippen molar-refractivity contribution in [2.75, 3.05) is 18.5 Å². The Morgan fingerprint density at radius 2 is 1.81 bits per heavy atom. The van der Waals surface area contributed by atoms with Crippen molar-refractivity contribution in [1.82, 2.24) is 9.66 Å². The van der Waals surface area contributed by atoms with Crippen LogP contribution in [0.5, 0.6) is 11.5 Å². The van der Waals surface area contributed by atoms with Crippen molar-refractivity contribution in [2.45, 2.75) is 33.6 Å². The molecular formula is C35H32FN5O6. The molecule has 0 fully saturated rings. The summed E-state index contributed by atoms with van der Waals surface area (Å²) >= 11 is 0. The number of rotatable bonds is 11. The highest BCUT2D eigenvalue weighted by molar-refractivity contribution is 5.92. The van der Waals surface area contributed by atoms with E-state index in [1.165, 1.54) is 42.6 Å². The van der Waals surface area contributed by atoms with Gasteiger partial charge in [0.15, 0.2) is 12.4 Å². The molecule has 0 atom stereocenters. The summed E-state index contributed by atoms with van der Waals surface area (Å²) in [5.74, 6) is -0.104. The van der Waals surface area contributed by atoms with Gasteiger partial charge in [-0.15, -0.1) is 0 Å². The second-order valence-corrected chi connectivity index (χ2v) is 10.9. The average Bonchev–Trinajstić information content (AvgIpc) is 3.04. The first kappa shape index (κ1) is 32.5. The quantitative estimate of drug-likeness (QED) is 0.0951. The minimum absolute atomic E-state index is 0.0208. The van der Waals surface area contributed by atoms with Gasteiger partial charge in [0.1, 0.15) is 17.3 Å². The number of hydrogen-bond acceptors (Lipinski definition) is 8. The zero-order valence-corrected chi connectivity index (χ0v) is 26.2. The van der Waals surface area contributed by atoms with Crippen LogP contribution >= 0.6 is 0 Å². The Kier molecular flexibility index (Phi) is 9.69. The van der Waals surface area contributed by atoms with E-state index >= 15 is 0 Å². The molecule has 1 aromatic heterocycles. The Bertz CT molecular complexity index is 2070. The smallest absolute Gasteiger partial charge is 0.282 e. The minimum atomic E-state index is -0.652. The maximum absolute atomic E-state index is 14.0. The van der Waals surface area contributed by atoms with Crippen molar-refractivity contribution in [3.8, 4) is 22.9 Å². The molecule has 47 heavy (non-hydrogen) atoms. The molecule has 12 heteroatoms. The molecule has 1 amide bonds. The number of nitrogens with zero attached hydrogens (tertiary/aromatic N) is 4. The number of nitrogens with one attached hydrogen (secondary N) is 1. The summed E-state index contributed by atoms with van der Waals surface area (Å²) < 4.78 is 26.7. The van der Waals surface area contributed by atoms with Gasteiger partial charge in [-0.3, -0.25) is 19.7 Å². The fourth-order valence-electron chi connectivity index (χ4n) is 4.97. The first-order valence-corrected chi connectivity index (χ1v) is 14.9. The normalized spacial score (nSPS) is 11.3. The fraction of sp³-hybridized carbons (Fsp3) is 0.200. The van der Waals surface area contributed by atoms with Crippen LogP contribution in [0.2, 0.25) is 0 Å². The summed E-state index contributed by atoms with van der Waals surface area (Å²) in [6.07, 6.45) is 1.24. The Morgan fingerprint density at radius 1 is 1.06 bits per heavy atom. The Hall–Kier alpha value is -5.91. The maximum Gasteiger partial charge on any atom is 0.282 e. The number of nitro groups is 1. The van der Waals surface area contributed by atoms with Gasteiger partial charge in [-0.25, -0.2) is 9.37 Å². The van der Waals surface area contributed by atoms with Crippen LogP contribution in [0.25, 0.3) is 22.3 Å². The number of benzene rings is 4. The molecule has 0 radical (unpaired) electrons. The number of carbonyl (C=O) groups excluding carboxylic acids is 1. The molecule has 0 bridgehead atoms. The maximum atomic E-state index is 14.0. The van der Waals surface area contributed by atoms with E-state index in [4.69, 9.17) is 14.5 Å². The average molecular weight is 638 g/mol. The van der Waals surface area contributed by atoms with Crippen LogP contribution in [-0.4, -0.2) is 39.9 Å². The van der Waals surface area contributed by atoms with Crippen LogP contribution in [-0.2, 0) is 4.79 Å². The Labute approximate surface area is 269 Å². The molecule has 0 aliphatic heterocycles. The summed E-state index contributed by atoms with van der Waals surface area (Å²) in [5, 5.41) is 18.8. The molecule has 5 aromatic rings. The lowest BCUT2D eigenvalue weighted by atomic mass is 9.96. The molecule has 11 nitrogen and oxygen atoms in total. The third-order valence-corrected chi connectivity index (χ3v) is 7.30. The third kappa shape index (κ3) is 7.17. The number of carbonyl (C=O) groups is 1. The molecule has 0 aliphatic rings. The van der Waals surface area contributed by atoms with Crippen LogP contribution < -0.4 is 20.3 Å². The number of para-hydroxylation sites is 2. The number of aromatic nitrogens is 2. The molecule has 0 spiro atoms. The van der Waals surface area contributed by atoms with Crippen LogP contribution in [0, 0.1) is 22.9 Å². The van der Waals surface area contributed by atoms with E-state index in [-0.39, 0.29) is 34.4 Å². The second kappa shape index (κ2) is 14.0. The van der Waals surface area contributed by atoms with Gasteiger partial charge in [-0.1, -0.05) is 38.1 Å². The molecule has 5 rings (SSSR count). The number of fused-ring (bicyclic) bond motifs is 1. The van der Waals surface area contributed by atoms with Gasteiger partial charge in [0.25, 0.3) is 17.2 Å². The van der Waals surface area contributed by atoms with Gasteiger partial charge in [-0.2, -0.15) is 9.78 Å². The zero-order valence-electron chi connectivity index (χ0n) is 26.2. The summed E-state index contributed by atoms with van der Waals surface area (Å²) in [6.45, 7) is 7.83. The van der Waals surface area contributed by atoms with E-state index in [0.29, 0.717) is 23.1 Å². The van der Waals surface area contributed by atoms with Crippen molar-refractivity contribution in [3.63, 3.8) is 0 Å². The molecule has 0 unspecified atom stereocenters. The lowest BCUT2D eigenvalue weighted by molar-refractivity contribution is -0.384. The summed E-state index contributed by atoms with van der Waals surface area (Å²) in [7, 11) is 0. The van der Waals surface area contributed by atoms with E-state index in [0.717, 1.165) is 21.6 Å². The molecule has 0 saturated carbocycles. The summed E-state index contributed by atoms with van der Waals surface area (Å²) in [6, 6.07) is 20.1. The molecule has 240 valence electrons. The third-order valence-electron chi connectivity index (χ3n) is 7.30. The predicted octanol–water partition coefficient (Wildman–Crippen LogP) is 6.84. The number of hydrogen-bond donors (Lipinski definition) is 1. The largest absolute Gasteiger partial charge is 0.494 e. The van der Waals surface area contributed by atoms with Crippen LogP contribution in [0.1, 0.15) is 43.4 Å². The molecule has 4 aromatic carbocycles. The van der Waals surface area contributed by atoms with Crippen LogP contribution in [0.3, 0.4) is 0 Å². The number of non-ortho nitro benzene ring substituents is 1. The molecule has 1 heterocycles. The first-order chi connectivity index (χ1) is 22.6. The summed E-state index contributed by atoms with van der Waals surface area (Å²) in [5.41, 5.74) is 2.22. The standard InChI is InChI=1S/C35H32FN5O6/c1-5-46-32-16-22(4)27(18-26(32)21(2)3)34-39-29-12-8-6-10-25(29)35(43)40(34)37-19-23-17-24(41(44)45)14-15-31(23)47-20-33(42)38-30-13-9-7-11-28(30)36/h6-19,21H,5,20H2,1-4H3,(H,38,42). The topological polar surface area (TPSA) is 138 Å². The minimum Gasteiger partial charge on any atom is -0.494 e. The molecule has 1 N–H and O–H groups in total. The number of amides is 1. The van der Waals surface area contributed by atoms with Crippen molar-refractivity contribution in [2.24, 2.45) is 5.10 Å². The number of anilines is 1. The molecule has 0 aliphatic carbocycles. The monoisotopic (exact) mass is 637 g/mol. The summed E-state index contributed by atoms with van der Waals surface area (Å²) in [4.78, 5) is 42.3. The number of halogens is 1. The van der Waals surface area contributed by atoms with Gasteiger partial charge < -0.3 is 14.8 Å². The van der Waals surface area contributed by atoms with Gasteiger partial charge in [0.2, 0.25) is 0 Å².